The predicted octanol–water partition coefficient (Wildman–Crippen LogP) is -6.73. The number of hydrogen-bond acceptors (Lipinski definition) is 26. The number of unbranched alkanes of at least 4 members (excludes halogenated alkanes) is 1. The van der Waals surface area contributed by atoms with Crippen LogP contribution in [0.3, 0.4) is 0 Å². The number of aromatic nitrogens is 2. The molecule has 1 aromatic heterocycles. The first-order chi connectivity index (χ1) is 53.5. The monoisotopic (exact) mass is 1640 g/mol. The van der Waals surface area contributed by atoms with Crippen molar-refractivity contribution >= 4 is 149 Å². The van der Waals surface area contributed by atoms with Gasteiger partial charge in [0.25, 0.3) is 5.91 Å². The molecule has 2 unspecified atom stereocenters. The van der Waals surface area contributed by atoms with Crippen LogP contribution in [0, 0.1) is 5.41 Å². The lowest BCUT2D eigenvalue weighted by Gasteiger charge is -2.31. The maximum Gasteiger partial charge on any atom is 0.251 e. The molecule has 0 aliphatic carbocycles. The summed E-state index contributed by atoms with van der Waals surface area (Å²) in [4.78, 5) is 238. The Bertz CT molecular complexity index is 3920. The van der Waals surface area contributed by atoms with E-state index in [0.717, 1.165) is 43.2 Å². The highest BCUT2D eigenvalue weighted by molar-refractivity contribution is 8.77. The van der Waals surface area contributed by atoms with Crippen LogP contribution in [-0.4, -0.2) is 260 Å². The maximum atomic E-state index is 15.2. The van der Waals surface area contributed by atoms with Crippen LogP contribution in [0.15, 0.2) is 66.2 Å². The van der Waals surface area contributed by atoms with Crippen molar-refractivity contribution in [3.63, 3.8) is 0 Å². The first kappa shape index (κ1) is 89.8. The van der Waals surface area contributed by atoms with Gasteiger partial charge in [-0.25, -0.2) is 4.98 Å². The van der Waals surface area contributed by atoms with Crippen molar-refractivity contribution in [2.75, 3.05) is 62.3 Å². The van der Waals surface area contributed by atoms with Gasteiger partial charge in [-0.1, -0.05) is 72.6 Å². The van der Waals surface area contributed by atoms with E-state index in [9.17, 15) is 77.3 Å². The van der Waals surface area contributed by atoms with Crippen molar-refractivity contribution in [2.45, 2.75) is 144 Å². The molecular formula is C65H91N25O18S4. The minimum absolute atomic E-state index is 0.0180. The van der Waals surface area contributed by atoms with E-state index in [1.54, 1.807) is 0 Å². The number of phenolic OH excluding ortho intramolecular Hbond substituents is 1. The average Bonchev–Trinajstić information content (AvgIpc) is 1.66. The van der Waals surface area contributed by atoms with Gasteiger partial charge in [0.15, 0.2) is 5.96 Å². The number of aromatic hydroxyl groups is 1. The minimum atomic E-state index is -1.91. The number of aliphatic hydroxyl groups excluding tert-OH is 1. The van der Waals surface area contributed by atoms with E-state index < -0.39 is 229 Å². The van der Waals surface area contributed by atoms with Crippen LogP contribution in [-0.2, 0) is 84.8 Å². The number of nitrogens with two attached hydrogens (primary N) is 4. The second-order valence-electron chi connectivity index (χ2n) is 25.6. The molecule has 3 aromatic rings. The molecule has 12 atom stereocenters. The van der Waals surface area contributed by atoms with Gasteiger partial charge in [-0.2, -0.15) is 0 Å². The molecule has 608 valence electrons. The summed E-state index contributed by atoms with van der Waals surface area (Å²) < 4.78 is 0. The SMILES string of the molecule is C[C@@H]1NC(=O)[C@@H]2CCCN2C(=O)[C@H](Cc2c[nH]cn2)NC(=O)[C@@H]2CSSC[C@@H](C(N)=O)NC(=O)C(CO)NC(=O)C(Cc3ccc(O)cc3)NC(=O)[C@H](CC(N)=O)NC(=O)[C@H](CCCCN)NC(=O)CNC(=O)[C@H](CSSC[C@H](NC(=O)[C@H](CCCNC(=N)N)NC(=O)CNC(=O)c3ccc(N=[N+]=[N-])cc3)C(=O)N2)NC1=O. The average molecular weight is 1640 g/mol. The van der Waals surface area contributed by atoms with Crippen molar-refractivity contribution in [3.05, 3.63) is 88.3 Å². The van der Waals surface area contributed by atoms with Gasteiger partial charge < -0.3 is 117 Å². The van der Waals surface area contributed by atoms with E-state index in [1.807, 2.05) is 0 Å². The van der Waals surface area contributed by atoms with Crippen molar-refractivity contribution in [1.29, 1.82) is 5.41 Å². The number of azide groups is 1. The molecule has 3 saturated heterocycles. The van der Waals surface area contributed by atoms with E-state index in [-0.39, 0.29) is 92.8 Å². The molecule has 4 heterocycles. The molecule has 16 amide bonds. The quantitative estimate of drug-likeness (QED) is 0.00798. The largest absolute Gasteiger partial charge is 0.508 e. The molecule has 0 spiro atoms. The van der Waals surface area contributed by atoms with Gasteiger partial charge in [-0.3, -0.25) is 82.1 Å². The molecule has 43 nitrogen and oxygen atoms in total. The van der Waals surface area contributed by atoms with Gasteiger partial charge in [0.2, 0.25) is 88.6 Å². The van der Waals surface area contributed by atoms with Crippen LogP contribution < -0.4 is 97.4 Å². The molecule has 26 N–H and O–H groups in total. The Labute approximate surface area is 655 Å². The number of primary amides is 2. The number of amides is 16. The number of rotatable bonds is 23. The van der Waals surface area contributed by atoms with Gasteiger partial charge in [-0.15, -0.1) is 0 Å². The Morgan fingerprint density at radius 3 is 1.98 bits per heavy atom. The van der Waals surface area contributed by atoms with Crippen LogP contribution >= 0.6 is 43.2 Å². The first-order valence-corrected chi connectivity index (χ1v) is 40.0. The zero-order valence-electron chi connectivity index (χ0n) is 60.4. The van der Waals surface area contributed by atoms with E-state index in [4.69, 9.17) is 33.9 Å². The number of carbonyl (C=O) groups is 16. The van der Waals surface area contributed by atoms with Crippen LogP contribution in [0.5, 0.6) is 5.75 Å². The number of aromatic amines is 1. The standard InChI is InChI=1S/C65H91N25O18S4/c1-32-53(97)85-45-28-110-112-30-47(86-57(101)39(7-4-18-73-65(69)70)79-50(94)24-74-54(98)34-11-13-35(14-12-34)88-89-71)62(106)87-46(61(105)82-42(21-36-23-72-31-76-36)64(108)90-19-5-8-48(90)63(107)77-32)29-111-109-27-44(52(68)96)84-60(104)43(26-91)83-58(102)40(20-33-9-15-37(92)16-10-33)80-59(103)41(22-49(67)93)81-56(100)38(6-2-3-17-66)78-51(95)25-75-55(45)99/h9-16,23,31-32,38-48,91-92H,2-8,17-22,24-30,66H2,1H3,(H2,67,93)(H2,68,96)(H,72,76)(H,74,98)(H,75,99)(H,77,107)(H,78,95)(H,79,94)(H,80,103)(H,81,100)(H,82,105)(H,83,102)(H,84,104)(H,85,97)(H,86,101)(H,87,106)(H4,69,70,73)/t32-,38-,39-,40?,41-,42-,43?,44-,45-,46-,47-,48-/m0/s1. The lowest BCUT2D eigenvalue weighted by molar-refractivity contribution is -0.142. The van der Waals surface area contributed by atoms with E-state index in [1.165, 1.54) is 72.9 Å². The highest BCUT2D eigenvalue weighted by Gasteiger charge is 2.42. The Hall–Kier alpha value is -11.1. The van der Waals surface area contributed by atoms with Crippen molar-refractivity contribution < 1.29 is 86.9 Å². The number of aliphatic hydroxyl groups is 1. The second kappa shape index (κ2) is 45.9. The first-order valence-electron chi connectivity index (χ1n) is 35.0. The molecule has 2 aromatic carbocycles. The summed E-state index contributed by atoms with van der Waals surface area (Å²) in [6.45, 7) is -1.45. The number of guanidine groups is 1. The summed E-state index contributed by atoms with van der Waals surface area (Å²) in [5.41, 5.74) is 32.2. The molecule has 3 fully saturated rings. The third-order valence-corrected chi connectivity index (χ3v) is 21.9. The molecule has 112 heavy (non-hydrogen) atoms. The number of H-pyrrole nitrogens is 1. The smallest absolute Gasteiger partial charge is 0.251 e. The normalized spacial score (nSPS) is 23.7. The summed E-state index contributed by atoms with van der Waals surface area (Å²) in [6, 6.07) is -9.11. The molecule has 3 aliphatic heterocycles. The highest BCUT2D eigenvalue weighted by atomic mass is 33.1. The number of benzene rings is 2. The number of nitrogens with zero attached hydrogens (tertiary/aromatic N) is 5. The number of carbonyl (C=O) groups excluding carboxylic acids is 16. The van der Waals surface area contributed by atoms with E-state index in [2.05, 4.69) is 94.4 Å². The fourth-order valence-electron chi connectivity index (χ4n) is 11.1. The van der Waals surface area contributed by atoms with Crippen molar-refractivity contribution in [3.8, 4) is 5.75 Å². The summed E-state index contributed by atoms with van der Waals surface area (Å²) >= 11 is 0. The van der Waals surface area contributed by atoms with Crippen LogP contribution in [0.1, 0.15) is 79.9 Å². The minimum Gasteiger partial charge on any atom is -0.508 e. The van der Waals surface area contributed by atoms with Crippen LogP contribution in [0.2, 0.25) is 0 Å². The molecule has 2 bridgehead atoms. The number of fused-ring (bicyclic) bond motifs is 9. The molecule has 0 radical (unpaired) electrons. The second-order valence-corrected chi connectivity index (χ2v) is 30.7. The molecule has 0 saturated carbocycles. The van der Waals surface area contributed by atoms with Gasteiger partial charge in [-0.05, 0) is 93.8 Å². The van der Waals surface area contributed by atoms with Crippen molar-refractivity contribution in [2.24, 2.45) is 28.0 Å². The number of imidazole rings is 1. The zero-order chi connectivity index (χ0) is 82.0. The van der Waals surface area contributed by atoms with Gasteiger partial charge in [0, 0.05) is 71.3 Å². The maximum absolute atomic E-state index is 15.2. The Morgan fingerprint density at radius 1 is 0.696 bits per heavy atom. The third-order valence-electron chi connectivity index (χ3n) is 17.1. The van der Waals surface area contributed by atoms with E-state index in [0.29, 0.717) is 6.42 Å². The predicted molar refractivity (Wildman–Crippen MR) is 408 cm³/mol. The number of hydrogen-bond donors (Lipinski definition) is 22. The summed E-state index contributed by atoms with van der Waals surface area (Å²) in [5.74, 6) is -19.0. The Balaban J connectivity index is 1.44. The number of nitrogens with one attached hydrogen (secondary N) is 16. The summed E-state index contributed by atoms with van der Waals surface area (Å²) in [5, 5.41) is 66.6. The molecule has 6 rings (SSSR count). The molecule has 3 aliphatic rings. The van der Waals surface area contributed by atoms with Crippen molar-refractivity contribution in [1.82, 2.24) is 89.3 Å². The lowest BCUT2D eigenvalue weighted by Crippen LogP contribution is -2.61. The van der Waals surface area contributed by atoms with Gasteiger partial charge in [0.05, 0.1) is 38.1 Å². The Morgan fingerprint density at radius 2 is 1.33 bits per heavy atom. The van der Waals surface area contributed by atoms with Gasteiger partial charge in [0.1, 0.15) is 78.3 Å². The summed E-state index contributed by atoms with van der Waals surface area (Å²) in [6.07, 6.45) is 1.48. The fourth-order valence-corrected chi connectivity index (χ4v) is 15.8. The molecule has 47 heteroatoms. The topological polar surface area (TPSA) is 691 Å². The lowest BCUT2D eigenvalue weighted by atomic mass is 10.0. The number of phenols is 1. The summed E-state index contributed by atoms with van der Waals surface area (Å²) in [7, 11) is 3.21. The van der Waals surface area contributed by atoms with Gasteiger partial charge >= 0.3 is 0 Å². The highest BCUT2D eigenvalue weighted by Crippen LogP contribution is 2.27. The van der Waals surface area contributed by atoms with E-state index >= 15 is 9.59 Å². The van der Waals surface area contributed by atoms with Crippen LogP contribution in [0.25, 0.3) is 10.4 Å². The fraction of sp³-hybridized carbons (Fsp3) is 0.508. The third kappa shape index (κ3) is 29.6. The molecular weight excluding hydrogens is 1550 g/mol. The Kier molecular flexibility index (Phi) is 36.8. The van der Waals surface area contributed by atoms with Crippen LogP contribution in [0.4, 0.5) is 5.69 Å². The zero-order valence-corrected chi connectivity index (χ0v) is 63.7.